The van der Waals surface area contributed by atoms with Crippen molar-refractivity contribution in [3.05, 3.63) is 0 Å². The molecule has 1 fully saturated rings. The van der Waals surface area contributed by atoms with E-state index in [-0.39, 0.29) is 17.9 Å². The highest BCUT2D eigenvalue weighted by Gasteiger charge is 2.48. The number of nitrogens with one attached hydrogen (secondary N) is 1. The molecule has 1 saturated carbocycles. The van der Waals surface area contributed by atoms with Crippen molar-refractivity contribution in [1.29, 1.82) is 0 Å². The third kappa shape index (κ3) is 1.97. The number of amides is 1. The third-order valence-electron chi connectivity index (χ3n) is 2.46. The summed E-state index contributed by atoms with van der Waals surface area (Å²) in [5.74, 6) is 0.137. The van der Waals surface area contributed by atoms with Crippen LogP contribution in [0.3, 0.4) is 0 Å². The fraction of sp³-hybridized carbons (Fsp3) is 0.889. The summed E-state index contributed by atoms with van der Waals surface area (Å²) in [6.45, 7) is 2.53. The van der Waals surface area contributed by atoms with E-state index in [1.807, 2.05) is 0 Å². The molecule has 2 N–H and O–H groups in total. The summed E-state index contributed by atoms with van der Waals surface area (Å²) in [5, 5.41) is 11.2. The monoisotopic (exact) mass is 171 g/mol. The van der Waals surface area contributed by atoms with Gasteiger partial charge in [0.1, 0.15) is 0 Å². The minimum Gasteiger partial charge on any atom is -0.395 e. The molecule has 3 heteroatoms. The first-order valence-electron chi connectivity index (χ1n) is 4.64. The smallest absolute Gasteiger partial charge is 0.226 e. The van der Waals surface area contributed by atoms with Gasteiger partial charge in [-0.3, -0.25) is 4.79 Å². The van der Waals surface area contributed by atoms with Crippen molar-refractivity contribution < 1.29 is 9.90 Å². The summed E-state index contributed by atoms with van der Waals surface area (Å²) in [6, 6.07) is 0. The summed E-state index contributed by atoms with van der Waals surface area (Å²) in [4.78, 5) is 11.5. The Kier molecular flexibility index (Phi) is 3.09. The largest absolute Gasteiger partial charge is 0.395 e. The van der Waals surface area contributed by atoms with Crippen molar-refractivity contribution in [2.45, 2.75) is 32.6 Å². The molecule has 0 aromatic rings. The molecular formula is C9H17NO2. The van der Waals surface area contributed by atoms with Gasteiger partial charge in [-0.15, -0.1) is 0 Å². The molecule has 0 spiro atoms. The second-order valence-corrected chi connectivity index (χ2v) is 3.51. The molecule has 12 heavy (non-hydrogen) atoms. The van der Waals surface area contributed by atoms with Gasteiger partial charge in [-0.2, -0.15) is 0 Å². The lowest BCUT2D eigenvalue weighted by Gasteiger charge is -2.12. The van der Waals surface area contributed by atoms with Crippen LogP contribution in [0.25, 0.3) is 0 Å². The lowest BCUT2D eigenvalue weighted by atomic mass is 10.00. The summed E-state index contributed by atoms with van der Waals surface area (Å²) >= 11 is 0. The maximum atomic E-state index is 11.5. The Balaban J connectivity index is 2.30. The highest BCUT2D eigenvalue weighted by Crippen LogP contribution is 2.49. The maximum Gasteiger partial charge on any atom is 0.226 e. The molecule has 0 radical (unpaired) electrons. The zero-order chi connectivity index (χ0) is 9.03. The topological polar surface area (TPSA) is 49.3 Å². The predicted octanol–water partition coefficient (Wildman–Crippen LogP) is 0.675. The van der Waals surface area contributed by atoms with Crippen molar-refractivity contribution in [3.63, 3.8) is 0 Å². The van der Waals surface area contributed by atoms with Crippen LogP contribution in [0.4, 0.5) is 0 Å². The van der Waals surface area contributed by atoms with Gasteiger partial charge in [0.05, 0.1) is 6.61 Å². The maximum absolute atomic E-state index is 11.5. The van der Waals surface area contributed by atoms with Gasteiger partial charge < -0.3 is 10.4 Å². The lowest BCUT2D eigenvalue weighted by Crippen LogP contribution is -2.33. The standard InChI is InChI=1S/C9H17NO2/c1-2-3-9(4-5-9)8(12)10-6-7-11/h11H,2-7H2,1H3,(H,10,12). The molecule has 0 heterocycles. The van der Waals surface area contributed by atoms with Crippen molar-refractivity contribution >= 4 is 5.91 Å². The first-order chi connectivity index (χ1) is 5.75. The van der Waals surface area contributed by atoms with Crippen LogP contribution in [0.5, 0.6) is 0 Å². The van der Waals surface area contributed by atoms with E-state index in [4.69, 9.17) is 5.11 Å². The van der Waals surface area contributed by atoms with E-state index in [0.717, 1.165) is 25.7 Å². The van der Waals surface area contributed by atoms with E-state index in [1.165, 1.54) is 0 Å². The molecule has 1 aliphatic rings. The molecule has 70 valence electrons. The number of hydrogen-bond donors (Lipinski definition) is 2. The second kappa shape index (κ2) is 3.90. The number of aliphatic hydroxyl groups is 1. The molecule has 0 aromatic carbocycles. The van der Waals surface area contributed by atoms with Crippen LogP contribution < -0.4 is 5.32 Å². The lowest BCUT2D eigenvalue weighted by molar-refractivity contribution is -0.126. The van der Waals surface area contributed by atoms with E-state index in [2.05, 4.69) is 12.2 Å². The Morgan fingerprint density at radius 1 is 1.58 bits per heavy atom. The third-order valence-corrected chi connectivity index (χ3v) is 2.46. The van der Waals surface area contributed by atoms with Crippen molar-refractivity contribution in [3.8, 4) is 0 Å². The molecule has 0 saturated heterocycles. The summed E-state index contributed by atoms with van der Waals surface area (Å²) in [6.07, 6.45) is 4.10. The molecule has 0 atom stereocenters. The zero-order valence-electron chi connectivity index (χ0n) is 7.60. The number of rotatable bonds is 5. The minimum absolute atomic E-state index is 0.0357. The summed E-state index contributed by atoms with van der Waals surface area (Å²) < 4.78 is 0. The van der Waals surface area contributed by atoms with Crippen LogP contribution in [0.15, 0.2) is 0 Å². The first kappa shape index (κ1) is 9.52. The van der Waals surface area contributed by atoms with Crippen molar-refractivity contribution in [2.24, 2.45) is 5.41 Å². The minimum atomic E-state index is -0.0517. The fourth-order valence-corrected chi connectivity index (χ4v) is 1.58. The van der Waals surface area contributed by atoms with E-state index in [9.17, 15) is 4.79 Å². The molecule has 1 amide bonds. The quantitative estimate of drug-likeness (QED) is 0.639. The highest BCUT2D eigenvalue weighted by atomic mass is 16.3. The summed E-state index contributed by atoms with van der Waals surface area (Å²) in [5.41, 5.74) is -0.0517. The van der Waals surface area contributed by atoms with E-state index in [1.54, 1.807) is 0 Å². The molecule has 3 nitrogen and oxygen atoms in total. The Morgan fingerprint density at radius 3 is 2.67 bits per heavy atom. The number of hydrogen-bond acceptors (Lipinski definition) is 2. The predicted molar refractivity (Wildman–Crippen MR) is 46.7 cm³/mol. The number of carbonyl (C=O) groups is 1. The van der Waals surface area contributed by atoms with Crippen molar-refractivity contribution in [2.75, 3.05) is 13.2 Å². The Labute approximate surface area is 73.2 Å². The fourth-order valence-electron chi connectivity index (χ4n) is 1.58. The normalized spacial score (nSPS) is 18.8. The Morgan fingerprint density at radius 2 is 2.25 bits per heavy atom. The summed E-state index contributed by atoms with van der Waals surface area (Å²) in [7, 11) is 0. The number of carbonyl (C=O) groups excluding carboxylic acids is 1. The van der Waals surface area contributed by atoms with Crippen LogP contribution in [0.1, 0.15) is 32.6 Å². The Bertz CT molecular complexity index is 164. The number of aliphatic hydroxyl groups excluding tert-OH is 1. The molecule has 1 aliphatic carbocycles. The van der Waals surface area contributed by atoms with Crippen LogP contribution in [-0.4, -0.2) is 24.2 Å². The molecule has 0 aromatic heterocycles. The van der Waals surface area contributed by atoms with Crippen LogP contribution in [0.2, 0.25) is 0 Å². The average molecular weight is 171 g/mol. The molecule has 0 bridgehead atoms. The van der Waals surface area contributed by atoms with Gasteiger partial charge in [-0.05, 0) is 19.3 Å². The molecule has 1 rings (SSSR count). The van der Waals surface area contributed by atoms with Crippen LogP contribution >= 0.6 is 0 Å². The van der Waals surface area contributed by atoms with E-state index >= 15 is 0 Å². The average Bonchev–Trinajstić information content (AvgIpc) is 2.82. The zero-order valence-corrected chi connectivity index (χ0v) is 7.60. The van der Waals surface area contributed by atoms with Gasteiger partial charge in [0, 0.05) is 12.0 Å². The van der Waals surface area contributed by atoms with Gasteiger partial charge in [0.15, 0.2) is 0 Å². The molecular weight excluding hydrogens is 154 g/mol. The highest BCUT2D eigenvalue weighted by molar-refractivity contribution is 5.85. The first-order valence-corrected chi connectivity index (χ1v) is 4.64. The van der Waals surface area contributed by atoms with Gasteiger partial charge in [-0.1, -0.05) is 13.3 Å². The van der Waals surface area contributed by atoms with Crippen molar-refractivity contribution in [1.82, 2.24) is 5.32 Å². The molecule has 0 aliphatic heterocycles. The second-order valence-electron chi connectivity index (χ2n) is 3.51. The van der Waals surface area contributed by atoms with Crippen LogP contribution in [0, 0.1) is 5.41 Å². The SMILES string of the molecule is CCCC1(C(=O)NCCO)CC1. The Hall–Kier alpha value is -0.570. The van der Waals surface area contributed by atoms with E-state index < -0.39 is 0 Å². The van der Waals surface area contributed by atoms with Gasteiger partial charge in [-0.25, -0.2) is 0 Å². The van der Waals surface area contributed by atoms with Gasteiger partial charge >= 0.3 is 0 Å². The van der Waals surface area contributed by atoms with Gasteiger partial charge in [0.2, 0.25) is 5.91 Å². The molecule has 0 unspecified atom stereocenters. The van der Waals surface area contributed by atoms with Gasteiger partial charge in [0.25, 0.3) is 0 Å². The van der Waals surface area contributed by atoms with Crippen LogP contribution in [-0.2, 0) is 4.79 Å². The van der Waals surface area contributed by atoms with E-state index in [0.29, 0.717) is 6.54 Å².